The van der Waals surface area contributed by atoms with Gasteiger partial charge in [-0.15, -0.1) is 0 Å². The van der Waals surface area contributed by atoms with Crippen LogP contribution in [0.25, 0.3) is 0 Å². The van der Waals surface area contributed by atoms with E-state index in [0.29, 0.717) is 31.2 Å². The molecule has 1 aromatic rings. The molecular weight excluding hydrogens is 515 g/mol. The first kappa shape index (κ1) is 29.1. The maximum Gasteiger partial charge on any atom is 0.433 e. The average Bonchev–Trinajstić information content (AvgIpc) is 3.62. The Balaban J connectivity index is 1.49. The number of ether oxygens (including phenoxy) is 1. The molecule has 1 aromatic heterocycles. The van der Waals surface area contributed by atoms with Gasteiger partial charge in [-0.3, -0.25) is 9.59 Å². The fraction of sp³-hybridized carbons (Fsp3) is 0.741. The molecule has 3 aliphatic rings. The van der Waals surface area contributed by atoms with Crippen molar-refractivity contribution < 1.29 is 32.3 Å². The van der Waals surface area contributed by atoms with Crippen LogP contribution in [0.5, 0.6) is 0 Å². The average molecular weight is 554 g/mol. The van der Waals surface area contributed by atoms with Crippen LogP contribution in [0, 0.1) is 11.8 Å². The van der Waals surface area contributed by atoms with Crippen LogP contribution in [0.2, 0.25) is 0 Å². The number of alkyl carbamates (subject to hydrolysis) is 1. The molecule has 0 unspecified atom stereocenters. The first-order valence-electron chi connectivity index (χ1n) is 13.7. The third kappa shape index (κ3) is 8.04. The molecule has 39 heavy (non-hydrogen) atoms. The number of likely N-dealkylation sites (tertiary alicyclic amines) is 1. The van der Waals surface area contributed by atoms with Crippen LogP contribution in [0.1, 0.15) is 82.6 Å². The van der Waals surface area contributed by atoms with Gasteiger partial charge < -0.3 is 19.9 Å². The number of fused-ring (bicyclic) bond motifs is 1. The zero-order chi connectivity index (χ0) is 28.5. The third-order valence-electron chi connectivity index (χ3n) is 7.22. The monoisotopic (exact) mass is 553 g/mol. The van der Waals surface area contributed by atoms with Crippen LogP contribution in [0.3, 0.4) is 0 Å². The van der Waals surface area contributed by atoms with E-state index in [9.17, 15) is 27.6 Å². The van der Waals surface area contributed by atoms with Gasteiger partial charge in [0.25, 0.3) is 0 Å². The quantitative estimate of drug-likeness (QED) is 0.550. The molecule has 12 heteroatoms. The lowest BCUT2D eigenvalue weighted by molar-refractivity contribution is -0.142. The number of amides is 3. The number of hydrogen-bond donors (Lipinski definition) is 1. The predicted octanol–water partition coefficient (Wildman–Crippen LogP) is 3.87. The smallest absolute Gasteiger partial charge is 0.433 e. The van der Waals surface area contributed by atoms with Gasteiger partial charge in [-0.1, -0.05) is 6.92 Å². The lowest BCUT2D eigenvalue weighted by Crippen LogP contribution is -2.51. The summed E-state index contributed by atoms with van der Waals surface area (Å²) in [5, 5.41) is 2.74. The van der Waals surface area contributed by atoms with E-state index < -0.39 is 29.6 Å². The molecule has 2 aliphatic heterocycles. The Morgan fingerprint density at radius 1 is 1.13 bits per heavy atom. The second-order valence-corrected chi connectivity index (χ2v) is 12.1. The van der Waals surface area contributed by atoms with Gasteiger partial charge in [-0.25, -0.2) is 14.8 Å². The second-order valence-electron chi connectivity index (χ2n) is 12.1. The Kier molecular flexibility index (Phi) is 8.41. The zero-order valence-corrected chi connectivity index (χ0v) is 23.1. The number of carbonyl (C=O) groups is 3. The summed E-state index contributed by atoms with van der Waals surface area (Å²) in [6.07, 6.45) is -1.93. The van der Waals surface area contributed by atoms with E-state index in [1.165, 1.54) is 4.90 Å². The maximum absolute atomic E-state index is 13.8. The van der Waals surface area contributed by atoms with Crippen LogP contribution < -0.4 is 5.32 Å². The van der Waals surface area contributed by atoms with Crippen molar-refractivity contribution in [2.24, 2.45) is 11.8 Å². The molecule has 0 aromatic carbocycles. The summed E-state index contributed by atoms with van der Waals surface area (Å²) in [6, 6.07) is -0.718. The van der Waals surface area contributed by atoms with Gasteiger partial charge in [-0.05, 0) is 58.3 Å². The molecule has 0 radical (unpaired) electrons. The minimum Gasteiger partial charge on any atom is -0.444 e. The van der Waals surface area contributed by atoms with E-state index in [2.05, 4.69) is 15.3 Å². The SMILES string of the molecule is C[C@@H]1CCC(=O)N(C[C@H](CC(=O)N2CCc3c(nc(CC4CC4)nc3C(F)(F)F)C2)NC(=O)OC(C)(C)C)C1. The van der Waals surface area contributed by atoms with Gasteiger partial charge in [0, 0.05) is 44.5 Å². The molecule has 3 amide bonds. The minimum atomic E-state index is -4.60. The molecule has 1 saturated carbocycles. The first-order chi connectivity index (χ1) is 18.2. The molecule has 0 bridgehead atoms. The van der Waals surface area contributed by atoms with E-state index in [4.69, 9.17) is 4.74 Å². The number of piperidine rings is 1. The van der Waals surface area contributed by atoms with E-state index in [1.807, 2.05) is 6.92 Å². The number of alkyl halides is 3. The molecule has 2 atom stereocenters. The van der Waals surface area contributed by atoms with E-state index in [-0.39, 0.29) is 61.4 Å². The fourth-order valence-electron chi connectivity index (χ4n) is 5.12. The number of halogens is 3. The van der Waals surface area contributed by atoms with E-state index in [1.54, 1.807) is 25.7 Å². The van der Waals surface area contributed by atoms with Crippen LogP contribution in [0.15, 0.2) is 0 Å². The van der Waals surface area contributed by atoms with Crippen LogP contribution in [-0.2, 0) is 39.9 Å². The molecule has 2 fully saturated rings. The first-order valence-corrected chi connectivity index (χ1v) is 13.7. The summed E-state index contributed by atoms with van der Waals surface area (Å²) in [4.78, 5) is 49.9. The van der Waals surface area contributed by atoms with Crippen molar-refractivity contribution in [1.29, 1.82) is 0 Å². The number of hydrogen-bond acceptors (Lipinski definition) is 6. The van der Waals surface area contributed by atoms with Gasteiger partial charge in [0.1, 0.15) is 11.4 Å². The molecule has 4 rings (SSSR count). The molecule has 1 N–H and O–H groups in total. The van der Waals surface area contributed by atoms with Crippen molar-refractivity contribution in [2.45, 2.75) is 97.0 Å². The summed E-state index contributed by atoms with van der Waals surface area (Å²) in [7, 11) is 0. The van der Waals surface area contributed by atoms with Gasteiger partial charge in [0.05, 0.1) is 18.3 Å². The lowest BCUT2D eigenvalue weighted by atomic mass is 9.98. The Morgan fingerprint density at radius 3 is 2.49 bits per heavy atom. The lowest BCUT2D eigenvalue weighted by Gasteiger charge is -2.35. The number of nitrogens with zero attached hydrogens (tertiary/aromatic N) is 4. The second kappa shape index (κ2) is 11.3. The van der Waals surface area contributed by atoms with Crippen molar-refractivity contribution in [2.75, 3.05) is 19.6 Å². The zero-order valence-electron chi connectivity index (χ0n) is 23.1. The van der Waals surface area contributed by atoms with Gasteiger partial charge in [-0.2, -0.15) is 13.2 Å². The van der Waals surface area contributed by atoms with Crippen molar-refractivity contribution in [3.8, 4) is 0 Å². The summed E-state index contributed by atoms with van der Waals surface area (Å²) < 4.78 is 46.8. The molecular formula is C27H38F3N5O4. The molecule has 3 heterocycles. The van der Waals surface area contributed by atoms with Crippen molar-refractivity contribution >= 4 is 17.9 Å². The maximum atomic E-state index is 13.8. The topological polar surface area (TPSA) is 105 Å². The largest absolute Gasteiger partial charge is 0.444 e. The van der Waals surface area contributed by atoms with Crippen LogP contribution >= 0.6 is 0 Å². The van der Waals surface area contributed by atoms with Crippen LogP contribution in [0.4, 0.5) is 18.0 Å². The highest BCUT2D eigenvalue weighted by atomic mass is 19.4. The molecule has 1 aliphatic carbocycles. The normalized spacial score (nSPS) is 20.9. The highest BCUT2D eigenvalue weighted by Gasteiger charge is 2.40. The predicted molar refractivity (Wildman–Crippen MR) is 135 cm³/mol. The van der Waals surface area contributed by atoms with Gasteiger partial charge >= 0.3 is 12.3 Å². The van der Waals surface area contributed by atoms with E-state index >= 15 is 0 Å². The molecule has 9 nitrogen and oxygen atoms in total. The van der Waals surface area contributed by atoms with Crippen molar-refractivity contribution in [1.82, 2.24) is 25.1 Å². The molecule has 0 spiro atoms. The van der Waals surface area contributed by atoms with Crippen molar-refractivity contribution in [3.63, 3.8) is 0 Å². The summed E-state index contributed by atoms with van der Waals surface area (Å²) in [6.45, 7) is 7.91. The van der Waals surface area contributed by atoms with Gasteiger partial charge in [0.15, 0.2) is 5.69 Å². The fourth-order valence-corrected chi connectivity index (χ4v) is 5.12. The Labute approximate surface area is 226 Å². The third-order valence-corrected chi connectivity index (χ3v) is 7.22. The highest BCUT2D eigenvalue weighted by Crippen LogP contribution is 2.36. The number of carbonyl (C=O) groups excluding carboxylic acids is 3. The van der Waals surface area contributed by atoms with Crippen molar-refractivity contribution in [3.05, 3.63) is 22.8 Å². The highest BCUT2D eigenvalue weighted by molar-refractivity contribution is 5.79. The molecule has 216 valence electrons. The Hall–Kier alpha value is -2.92. The minimum absolute atomic E-state index is 0.00802. The number of aromatic nitrogens is 2. The Morgan fingerprint density at radius 2 is 1.85 bits per heavy atom. The van der Waals surface area contributed by atoms with Crippen LogP contribution in [-0.4, -0.2) is 69.0 Å². The summed E-state index contributed by atoms with van der Waals surface area (Å²) in [5.41, 5.74) is -1.39. The molecule has 1 saturated heterocycles. The van der Waals surface area contributed by atoms with E-state index in [0.717, 1.165) is 19.3 Å². The Bertz CT molecular complexity index is 1100. The standard InChI is InChI=1S/C27H38F3N5O4/c1-16-5-8-22(36)35(13-16)14-18(31-25(38)39-26(2,3)4)12-23(37)34-10-9-19-20(15-34)32-21(11-17-6-7-17)33-24(19)27(28,29)30/h16-18H,5-15H2,1-4H3,(H,31,38)/t16-,18+/m1/s1. The number of nitrogens with one attached hydrogen (secondary N) is 1. The summed E-state index contributed by atoms with van der Waals surface area (Å²) in [5.74, 6) is 0.398. The summed E-state index contributed by atoms with van der Waals surface area (Å²) >= 11 is 0. The number of rotatable bonds is 7. The van der Waals surface area contributed by atoms with Gasteiger partial charge in [0.2, 0.25) is 11.8 Å².